The van der Waals surface area contributed by atoms with E-state index in [1.165, 1.54) is 0 Å². The molecule has 0 radical (unpaired) electrons. The maximum atomic E-state index is 10.6. The van der Waals surface area contributed by atoms with E-state index in [0.29, 0.717) is 23.1 Å². The number of nitrogens with two attached hydrogens (primary N) is 1. The molecule has 0 aromatic rings. The van der Waals surface area contributed by atoms with Crippen molar-refractivity contribution in [2.75, 3.05) is 11.6 Å². The van der Waals surface area contributed by atoms with Gasteiger partial charge < -0.3 is 5.73 Å². The van der Waals surface area contributed by atoms with Crippen molar-refractivity contribution in [3.63, 3.8) is 0 Å². The van der Waals surface area contributed by atoms with Crippen LogP contribution in [-0.2, 0) is 0 Å². The molecule has 0 saturated carbocycles. The Morgan fingerprint density at radius 3 is 2.58 bits per heavy atom. The number of nitrogens with zero attached hydrogens (tertiary/aromatic N) is 2. The van der Waals surface area contributed by atoms with Crippen molar-refractivity contribution in [3.05, 3.63) is 4.91 Å². The third-order valence-corrected chi connectivity index (χ3v) is 1.95. The fourth-order valence-electron chi connectivity index (χ4n) is 0.704. The number of nitroso groups, excluding NO2 is 1. The van der Waals surface area contributed by atoms with E-state index < -0.39 is 12.1 Å². The van der Waals surface area contributed by atoms with Gasteiger partial charge >= 0.3 is 6.03 Å². The molecule has 1 atom stereocenters. The minimum atomic E-state index is -0.880. The molecule has 0 bridgehead atoms. The number of rotatable bonds is 5. The standard InChI is InChI=1S/C5H10ClN3O2S/c6-2-1-4(3-12)9(8-11)5(7)10/h4,12H,1-3H2,(H2,7,10). The first-order valence-corrected chi connectivity index (χ1v) is 4.42. The summed E-state index contributed by atoms with van der Waals surface area (Å²) in [5.74, 6) is 0.631. The Morgan fingerprint density at radius 2 is 2.33 bits per heavy atom. The monoisotopic (exact) mass is 211 g/mol. The van der Waals surface area contributed by atoms with Crippen LogP contribution in [0.1, 0.15) is 6.42 Å². The summed E-state index contributed by atoms with van der Waals surface area (Å²) in [6, 6.07) is -1.30. The second-order valence-electron chi connectivity index (χ2n) is 2.08. The molecule has 0 aliphatic carbocycles. The van der Waals surface area contributed by atoms with Crippen LogP contribution in [0.3, 0.4) is 0 Å². The predicted molar refractivity (Wildman–Crippen MR) is 50.2 cm³/mol. The molecule has 0 fully saturated rings. The highest BCUT2D eigenvalue weighted by Gasteiger charge is 2.20. The molecule has 2 amide bonds. The Morgan fingerprint density at radius 1 is 1.75 bits per heavy atom. The van der Waals surface area contributed by atoms with Crippen molar-refractivity contribution >= 4 is 30.3 Å². The van der Waals surface area contributed by atoms with E-state index in [9.17, 15) is 9.70 Å². The van der Waals surface area contributed by atoms with Crippen molar-refractivity contribution in [2.45, 2.75) is 12.5 Å². The van der Waals surface area contributed by atoms with Crippen molar-refractivity contribution in [1.82, 2.24) is 5.01 Å². The van der Waals surface area contributed by atoms with Gasteiger partial charge in [0, 0.05) is 11.6 Å². The molecule has 5 nitrogen and oxygen atoms in total. The number of hydrogen-bond acceptors (Lipinski definition) is 4. The molecule has 0 aromatic heterocycles. The average Bonchev–Trinajstić information content (AvgIpc) is 2.03. The number of amides is 2. The van der Waals surface area contributed by atoms with Crippen LogP contribution in [0.4, 0.5) is 4.79 Å². The first kappa shape index (κ1) is 11.5. The van der Waals surface area contributed by atoms with E-state index >= 15 is 0 Å². The number of primary amides is 1. The molecule has 0 aliphatic rings. The Balaban J connectivity index is 4.22. The Hall–Kier alpha value is -0.490. The van der Waals surface area contributed by atoms with Gasteiger partial charge in [0.05, 0.1) is 11.3 Å². The van der Waals surface area contributed by atoms with Crippen molar-refractivity contribution < 1.29 is 4.79 Å². The first-order valence-electron chi connectivity index (χ1n) is 3.26. The molecule has 0 aromatic carbocycles. The quantitative estimate of drug-likeness (QED) is 0.308. The zero-order valence-corrected chi connectivity index (χ0v) is 7.96. The molecular formula is C5H10ClN3O2S. The normalized spacial score (nSPS) is 12.2. The summed E-state index contributed by atoms with van der Waals surface area (Å²) in [6.07, 6.45) is 0.444. The van der Waals surface area contributed by atoms with Crippen LogP contribution in [-0.4, -0.2) is 28.7 Å². The van der Waals surface area contributed by atoms with Gasteiger partial charge in [-0.3, -0.25) is 0 Å². The van der Waals surface area contributed by atoms with Crippen molar-refractivity contribution in [2.24, 2.45) is 11.0 Å². The topological polar surface area (TPSA) is 75.8 Å². The fourth-order valence-corrected chi connectivity index (χ4v) is 1.29. The number of halogens is 1. The highest BCUT2D eigenvalue weighted by molar-refractivity contribution is 7.80. The van der Waals surface area contributed by atoms with Gasteiger partial charge in [0.25, 0.3) is 0 Å². The van der Waals surface area contributed by atoms with Crippen LogP contribution < -0.4 is 5.73 Å². The van der Waals surface area contributed by atoms with Gasteiger partial charge in [-0.2, -0.15) is 17.6 Å². The van der Waals surface area contributed by atoms with E-state index in [0.717, 1.165) is 0 Å². The third kappa shape index (κ3) is 3.27. The molecule has 2 N–H and O–H groups in total. The summed E-state index contributed by atoms with van der Waals surface area (Å²) < 4.78 is 0. The highest BCUT2D eigenvalue weighted by Crippen LogP contribution is 2.07. The first-order chi connectivity index (χ1) is 5.67. The van der Waals surface area contributed by atoms with Crippen LogP contribution >= 0.6 is 24.2 Å². The lowest BCUT2D eigenvalue weighted by atomic mass is 10.2. The minimum absolute atomic E-state index is 0.307. The van der Waals surface area contributed by atoms with E-state index in [4.69, 9.17) is 17.3 Å². The largest absolute Gasteiger partial charge is 0.350 e. The lowest BCUT2D eigenvalue weighted by Crippen LogP contribution is -2.40. The molecule has 0 aliphatic heterocycles. The van der Waals surface area contributed by atoms with E-state index in [2.05, 4.69) is 17.9 Å². The van der Waals surface area contributed by atoms with Gasteiger partial charge in [-0.05, 0) is 6.42 Å². The maximum Gasteiger partial charge on any atom is 0.338 e. The van der Waals surface area contributed by atoms with E-state index in [-0.39, 0.29) is 0 Å². The fraction of sp³-hybridized carbons (Fsp3) is 0.800. The molecular weight excluding hydrogens is 202 g/mol. The van der Waals surface area contributed by atoms with Crippen molar-refractivity contribution in [1.29, 1.82) is 0 Å². The van der Waals surface area contributed by atoms with Gasteiger partial charge in [-0.15, -0.1) is 16.5 Å². The Labute approximate surface area is 80.6 Å². The second-order valence-corrected chi connectivity index (χ2v) is 2.82. The van der Waals surface area contributed by atoms with Crippen molar-refractivity contribution in [3.8, 4) is 0 Å². The number of urea groups is 1. The number of carbonyl (C=O) groups excluding carboxylic acids is 1. The third-order valence-electron chi connectivity index (χ3n) is 1.31. The molecule has 12 heavy (non-hydrogen) atoms. The summed E-state index contributed by atoms with van der Waals surface area (Å²) >= 11 is 9.35. The lowest BCUT2D eigenvalue weighted by Gasteiger charge is -2.19. The number of thiol groups is 1. The smallest absolute Gasteiger partial charge is 0.338 e. The zero-order valence-electron chi connectivity index (χ0n) is 6.31. The van der Waals surface area contributed by atoms with Crippen LogP contribution in [0, 0.1) is 4.91 Å². The Kier molecular flexibility index (Phi) is 5.83. The molecule has 0 heterocycles. The summed E-state index contributed by atoms with van der Waals surface area (Å²) in [4.78, 5) is 20.7. The minimum Gasteiger partial charge on any atom is -0.350 e. The Bertz CT molecular complexity index is 169. The number of hydrogen-bond donors (Lipinski definition) is 2. The van der Waals surface area contributed by atoms with Gasteiger partial charge in [-0.25, -0.2) is 4.79 Å². The average molecular weight is 212 g/mol. The summed E-state index contributed by atoms with van der Waals surface area (Å²) in [6.45, 7) is 0. The van der Waals surface area contributed by atoms with Gasteiger partial charge in [-0.1, -0.05) is 0 Å². The van der Waals surface area contributed by atoms with Gasteiger partial charge in [0.1, 0.15) is 0 Å². The lowest BCUT2D eigenvalue weighted by molar-refractivity contribution is 0.190. The van der Waals surface area contributed by atoms with Crippen LogP contribution in [0.2, 0.25) is 0 Å². The summed E-state index contributed by atoms with van der Waals surface area (Å²) in [5.41, 5.74) is 4.87. The van der Waals surface area contributed by atoms with Gasteiger partial charge in [0.15, 0.2) is 0 Å². The second kappa shape index (κ2) is 6.07. The SMILES string of the molecule is NC(=O)N(N=O)C(CS)CCCl. The number of alkyl halides is 1. The zero-order chi connectivity index (χ0) is 9.56. The highest BCUT2D eigenvalue weighted by atomic mass is 35.5. The molecule has 70 valence electrons. The van der Waals surface area contributed by atoms with Crippen LogP contribution in [0.5, 0.6) is 0 Å². The predicted octanol–water partition coefficient (Wildman–Crippen LogP) is 0.976. The summed E-state index contributed by atoms with van der Waals surface area (Å²) in [5, 5.41) is 3.13. The maximum absolute atomic E-state index is 10.6. The van der Waals surface area contributed by atoms with Crippen LogP contribution in [0.15, 0.2) is 5.29 Å². The van der Waals surface area contributed by atoms with Gasteiger partial charge in [0.2, 0.25) is 0 Å². The number of carbonyl (C=O) groups is 1. The molecule has 0 rings (SSSR count). The summed E-state index contributed by atoms with van der Waals surface area (Å²) in [7, 11) is 0. The molecule has 7 heteroatoms. The molecule has 0 saturated heterocycles. The van der Waals surface area contributed by atoms with Crippen LogP contribution in [0.25, 0.3) is 0 Å². The molecule has 1 unspecified atom stereocenters. The van der Waals surface area contributed by atoms with E-state index in [1.807, 2.05) is 0 Å². The molecule has 0 spiro atoms. The van der Waals surface area contributed by atoms with E-state index in [1.54, 1.807) is 0 Å².